The first-order valence-electron chi connectivity index (χ1n) is 11.4. The molecule has 3 aromatic carbocycles. The molecular weight excluding hydrogens is 432 g/mol. The van der Waals surface area contributed by atoms with E-state index in [1.807, 2.05) is 24.3 Å². The van der Waals surface area contributed by atoms with Crippen LogP contribution >= 0.6 is 11.6 Å². The van der Waals surface area contributed by atoms with Crippen LogP contribution < -0.4 is 16.0 Å². The second-order valence-corrected chi connectivity index (χ2v) is 9.31. The van der Waals surface area contributed by atoms with Crippen LogP contribution in [0.5, 0.6) is 5.75 Å². The van der Waals surface area contributed by atoms with E-state index < -0.39 is 0 Å². The Morgan fingerprint density at radius 2 is 1.64 bits per heavy atom. The molecule has 1 aliphatic rings. The summed E-state index contributed by atoms with van der Waals surface area (Å²) in [5.74, 6) is 0.624. The Hall–Kier alpha value is -3.08. The molecule has 1 aliphatic carbocycles. The molecule has 4 aromatic rings. The molecule has 3 N–H and O–H groups in total. The van der Waals surface area contributed by atoms with Crippen molar-refractivity contribution in [3.05, 3.63) is 112 Å². The zero-order chi connectivity index (χ0) is 22.8. The summed E-state index contributed by atoms with van der Waals surface area (Å²) in [6.45, 7) is 0. The number of fused-ring (bicyclic) bond motifs is 1. The highest BCUT2D eigenvalue weighted by Gasteiger charge is 2.43. The zero-order valence-electron chi connectivity index (χ0n) is 18.3. The van der Waals surface area contributed by atoms with Crippen LogP contribution in [0.15, 0.2) is 89.9 Å². The summed E-state index contributed by atoms with van der Waals surface area (Å²) in [5, 5.41) is 1.84. The molecule has 5 heteroatoms. The van der Waals surface area contributed by atoms with Gasteiger partial charge in [0, 0.05) is 23.0 Å². The van der Waals surface area contributed by atoms with Crippen molar-refractivity contribution < 1.29 is 4.74 Å². The minimum Gasteiger partial charge on any atom is -0.489 e. The first-order chi connectivity index (χ1) is 16.1. The number of nitrogens with two attached hydrogens (primary N) is 1. The lowest BCUT2D eigenvalue weighted by Gasteiger charge is -2.45. The van der Waals surface area contributed by atoms with E-state index in [1.54, 1.807) is 12.3 Å². The number of pyridine rings is 1. The monoisotopic (exact) mass is 458 g/mol. The van der Waals surface area contributed by atoms with Crippen LogP contribution in [0.1, 0.15) is 42.9 Å². The molecule has 5 rings (SSSR count). The van der Waals surface area contributed by atoms with Gasteiger partial charge in [0.25, 0.3) is 5.56 Å². The number of nitrogens with one attached hydrogen (secondary N) is 1. The molecule has 0 amide bonds. The van der Waals surface area contributed by atoms with Gasteiger partial charge in [0.05, 0.1) is 11.1 Å². The van der Waals surface area contributed by atoms with Crippen molar-refractivity contribution in [2.45, 2.75) is 43.2 Å². The summed E-state index contributed by atoms with van der Waals surface area (Å²) >= 11 is 6.48. The Kier molecular flexibility index (Phi) is 5.96. The molecule has 1 atom stereocenters. The highest BCUT2D eigenvalue weighted by molar-refractivity contribution is 6.32. The minimum absolute atomic E-state index is 0.0433. The van der Waals surface area contributed by atoms with E-state index >= 15 is 0 Å². The van der Waals surface area contributed by atoms with Crippen LogP contribution in [0.2, 0.25) is 5.02 Å². The van der Waals surface area contributed by atoms with Gasteiger partial charge >= 0.3 is 0 Å². The average molecular weight is 459 g/mol. The molecule has 1 unspecified atom stereocenters. The molecule has 1 aromatic heterocycles. The van der Waals surface area contributed by atoms with Crippen molar-refractivity contribution in [3.63, 3.8) is 0 Å². The highest BCUT2D eigenvalue weighted by atomic mass is 35.5. The van der Waals surface area contributed by atoms with Gasteiger partial charge in [0.1, 0.15) is 5.75 Å². The van der Waals surface area contributed by atoms with Crippen LogP contribution in [0, 0.1) is 0 Å². The molecule has 0 spiro atoms. The van der Waals surface area contributed by atoms with E-state index in [0.717, 1.165) is 36.6 Å². The van der Waals surface area contributed by atoms with Crippen LogP contribution in [-0.2, 0) is 5.41 Å². The Morgan fingerprint density at radius 1 is 0.970 bits per heavy atom. The number of hydrogen-bond donors (Lipinski definition) is 2. The first kappa shape index (κ1) is 21.7. The van der Waals surface area contributed by atoms with Gasteiger partial charge in [-0.15, -0.1) is 0 Å². The second-order valence-electron chi connectivity index (χ2n) is 8.90. The molecule has 0 saturated heterocycles. The highest BCUT2D eigenvalue weighted by Crippen LogP contribution is 2.48. The Labute approximate surface area is 198 Å². The molecular formula is C28H27ClN2O2. The largest absolute Gasteiger partial charge is 0.489 e. The van der Waals surface area contributed by atoms with Gasteiger partial charge in [0.2, 0.25) is 0 Å². The third-order valence-electron chi connectivity index (χ3n) is 7.05. The summed E-state index contributed by atoms with van der Waals surface area (Å²) in [6, 6.07) is 26.3. The summed E-state index contributed by atoms with van der Waals surface area (Å²) < 4.78 is 6.36. The maximum atomic E-state index is 12.1. The van der Waals surface area contributed by atoms with E-state index in [2.05, 4.69) is 53.5 Å². The van der Waals surface area contributed by atoms with Crippen LogP contribution in [0.4, 0.5) is 0 Å². The third kappa shape index (κ3) is 4.17. The molecule has 1 fully saturated rings. The Balaban J connectivity index is 1.40. The lowest BCUT2D eigenvalue weighted by atomic mass is 9.63. The summed E-state index contributed by atoms with van der Waals surface area (Å²) in [4.78, 5) is 14.7. The summed E-state index contributed by atoms with van der Waals surface area (Å²) in [6.07, 6.45) is 5.27. The molecule has 4 nitrogen and oxygen atoms in total. The lowest BCUT2D eigenvalue weighted by molar-refractivity contribution is 0.104. The molecule has 33 heavy (non-hydrogen) atoms. The van der Waals surface area contributed by atoms with Crippen molar-refractivity contribution in [1.82, 2.24) is 4.98 Å². The van der Waals surface area contributed by atoms with Gasteiger partial charge in [0.15, 0.2) is 0 Å². The third-order valence-corrected chi connectivity index (χ3v) is 7.34. The minimum atomic E-state index is -0.152. The van der Waals surface area contributed by atoms with Crippen molar-refractivity contribution in [1.29, 1.82) is 0 Å². The SMILES string of the molecule is NC(c1ccccc1)[C@]1(c2ccccc2)CC[C@@H](Oc2cc3cc[nH]c(=O)c3cc2Cl)CC1. The van der Waals surface area contributed by atoms with Crippen LogP contribution in [0.3, 0.4) is 0 Å². The van der Waals surface area contributed by atoms with Crippen molar-refractivity contribution in [3.8, 4) is 5.75 Å². The van der Waals surface area contributed by atoms with Gasteiger partial charge < -0.3 is 15.5 Å². The van der Waals surface area contributed by atoms with E-state index in [0.29, 0.717) is 16.2 Å². The fourth-order valence-electron chi connectivity index (χ4n) is 5.21. The molecule has 1 saturated carbocycles. The van der Waals surface area contributed by atoms with Gasteiger partial charge in [-0.2, -0.15) is 0 Å². The maximum Gasteiger partial charge on any atom is 0.255 e. The topological polar surface area (TPSA) is 68.1 Å². The van der Waals surface area contributed by atoms with E-state index in [9.17, 15) is 4.79 Å². The normalized spacial score (nSPS) is 21.6. The second kappa shape index (κ2) is 9.05. The van der Waals surface area contributed by atoms with Crippen LogP contribution in [-0.4, -0.2) is 11.1 Å². The molecule has 1 heterocycles. The Bertz CT molecular complexity index is 1300. The number of ether oxygens (including phenoxy) is 1. The maximum absolute atomic E-state index is 12.1. The Morgan fingerprint density at radius 3 is 2.33 bits per heavy atom. The molecule has 0 bridgehead atoms. The fourth-order valence-corrected chi connectivity index (χ4v) is 5.42. The van der Waals surface area contributed by atoms with E-state index in [1.165, 1.54) is 5.56 Å². The lowest BCUT2D eigenvalue weighted by Crippen LogP contribution is -2.43. The van der Waals surface area contributed by atoms with Crippen molar-refractivity contribution in [2.24, 2.45) is 5.73 Å². The first-order valence-corrected chi connectivity index (χ1v) is 11.8. The predicted octanol–water partition coefficient (Wildman–Crippen LogP) is 6.14. The number of benzene rings is 3. The van der Waals surface area contributed by atoms with Gasteiger partial charge in [-0.25, -0.2) is 0 Å². The number of H-pyrrole nitrogens is 1. The molecule has 168 valence electrons. The number of rotatable bonds is 5. The van der Waals surface area contributed by atoms with Crippen molar-refractivity contribution >= 4 is 22.4 Å². The van der Waals surface area contributed by atoms with Gasteiger partial charge in [-0.1, -0.05) is 72.3 Å². The fraction of sp³-hybridized carbons (Fsp3) is 0.250. The average Bonchev–Trinajstić information content (AvgIpc) is 2.86. The standard InChI is InChI=1S/C28H27ClN2O2/c29-24-18-23-20(13-16-31-27(23)32)17-25(24)33-22-11-14-28(15-12-22,21-9-5-2-6-10-21)26(30)19-7-3-1-4-8-19/h1-10,13,16-18,22,26H,11-12,14-15,30H2,(H,31,32)/t22-,26?,28-. The number of halogens is 1. The number of aromatic nitrogens is 1. The van der Waals surface area contributed by atoms with Crippen molar-refractivity contribution in [2.75, 3.05) is 0 Å². The van der Waals surface area contributed by atoms with Gasteiger partial charge in [-0.05, 0) is 60.4 Å². The number of hydrogen-bond acceptors (Lipinski definition) is 3. The zero-order valence-corrected chi connectivity index (χ0v) is 19.1. The summed E-state index contributed by atoms with van der Waals surface area (Å²) in [7, 11) is 0. The molecule has 0 aliphatic heterocycles. The summed E-state index contributed by atoms with van der Waals surface area (Å²) in [5.41, 5.74) is 9.08. The van der Waals surface area contributed by atoms with E-state index in [-0.39, 0.29) is 23.1 Å². The van der Waals surface area contributed by atoms with E-state index in [4.69, 9.17) is 22.1 Å². The van der Waals surface area contributed by atoms with Crippen LogP contribution in [0.25, 0.3) is 10.8 Å². The smallest absolute Gasteiger partial charge is 0.255 e. The van der Waals surface area contributed by atoms with Gasteiger partial charge in [-0.3, -0.25) is 4.79 Å². The quantitative estimate of drug-likeness (QED) is 0.377. The molecule has 0 radical (unpaired) electrons. The predicted molar refractivity (Wildman–Crippen MR) is 134 cm³/mol. The number of aromatic amines is 1.